The van der Waals surface area contributed by atoms with Crippen LogP contribution in [-0.2, 0) is 92.5 Å². The number of nitrogens with zero attached hydrogens (tertiary/aromatic N) is 7. The van der Waals surface area contributed by atoms with E-state index in [1.807, 2.05) is 22.3 Å². The molecule has 1 amide bonds. The van der Waals surface area contributed by atoms with Gasteiger partial charge in [0, 0.05) is 65.4 Å². The van der Waals surface area contributed by atoms with Crippen molar-refractivity contribution in [1.29, 1.82) is 0 Å². The van der Waals surface area contributed by atoms with E-state index in [0.29, 0.717) is 64.3 Å². The fraction of sp³-hybridized carbons (Fsp3) is 0.569. The number of fused-ring (bicyclic) bond motifs is 2. The average Bonchev–Trinajstić information content (AvgIpc) is 1.67. The van der Waals surface area contributed by atoms with Gasteiger partial charge in [0.1, 0.15) is 11.7 Å². The van der Waals surface area contributed by atoms with E-state index >= 15 is 0 Å². The van der Waals surface area contributed by atoms with E-state index < -0.39 is 49.2 Å². The zero-order valence-electron chi connectivity index (χ0n) is 85.8. The summed E-state index contributed by atoms with van der Waals surface area (Å²) in [5.41, 5.74) is 23.1. The van der Waals surface area contributed by atoms with Crippen molar-refractivity contribution in [2.75, 3.05) is 51.7 Å². The van der Waals surface area contributed by atoms with Gasteiger partial charge >= 0.3 is 0 Å². The maximum Gasteiger partial charge on any atom is 0.240 e. The second kappa shape index (κ2) is 52.1. The van der Waals surface area contributed by atoms with Crippen molar-refractivity contribution in [3.8, 4) is 22.6 Å². The molecule has 6 fully saturated rings. The first-order chi connectivity index (χ1) is 67.5. The minimum Gasteiger partial charge on any atom is -0.368 e. The van der Waals surface area contributed by atoms with Crippen LogP contribution in [0.5, 0.6) is 0 Å². The molecule has 1 saturated heterocycles. The van der Waals surface area contributed by atoms with Gasteiger partial charge in [-0.1, -0.05) is 178 Å². The van der Waals surface area contributed by atoms with Crippen LogP contribution in [-0.4, -0.2) is 146 Å². The number of nitrogens with two attached hydrogens (primary N) is 1. The zero-order valence-corrected chi connectivity index (χ0v) is 90.7. The smallest absolute Gasteiger partial charge is 0.240 e. The van der Waals surface area contributed by atoms with Gasteiger partial charge in [-0.2, -0.15) is 5.10 Å². The lowest BCUT2D eigenvalue weighted by Gasteiger charge is -2.29. The summed E-state index contributed by atoms with van der Waals surface area (Å²) >= 11 is 1.37. The topological polar surface area (TPSA) is 269 Å². The van der Waals surface area contributed by atoms with Gasteiger partial charge in [-0.25, -0.2) is 46.8 Å². The Labute approximate surface area is 850 Å². The third kappa shape index (κ3) is 32.8. The van der Waals surface area contributed by atoms with E-state index in [9.17, 15) is 46.9 Å². The molecule has 5 heterocycles. The Kier molecular flexibility index (Phi) is 40.6. The molecular formula is C116H162N8O11S6. The second-order valence-electron chi connectivity index (χ2n) is 43.7. The van der Waals surface area contributed by atoms with Crippen LogP contribution in [0.1, 0.15) is 276 Å². The number of rotatable bonds is 36. The summed E-state index contributed by atoms with van der Waals surface area (Å²) < 4.78 is 129. The number of para-hydroxylation sites is 2. The molecule has 10 aromatic rings. The van der Waals surface area contributed by atoms with Gasteiger partial charge in [-0.3, -0.25) is 4.79 Å². The Hall–Kier alpha value is -8.33. The molecular weight excluding hydrogens is 1870 g/mol. The molecule has 7 aromatic carbocycles. The van der Waals surface area contributed by atoms with Crippen LogP contribution in [0.25, 0.3) is 33.5 Å². The Morgan fingerprint density at radius 2 is 0.702 bits per heavy atom. The highest BCUT2D eigenvalue weighted by Gasteiger charge is 2.35. The molecule has 141 heavy (non-hydrogen) atoms. The quantitative estimate of drug-likeness (QED) is 0.0382. The zero-order chi connectivity index (χ0) is 100. The summed E-state index contributed by atoms with van der Waals surface area (Å²) in [5, 5.41) is 10.3. The normalized spacial score (nSPS) is 22.0. The number of anilines is 3. The summed E-state index contributed by atoms with van der Waals surface area (Å²) in [6.45, 7) is 19.9. The van der Waals surface area contributed by atoms with Crippen molar-refractivity contribution in [2.24, 2.45) is 64.9 Å². The predicted molar refractivity (Wildman–Crippen MR) is 585 cm³/mol. The summed E-state index contributed by atoms with van der Waals surface area (Å²) in [5.74, 6) is 7.12. The van der Waals surface area contributed by atoms with Crippen molar-refractivity contribution < 1.29 is 46.9 Å². The molecule has 2 N–H and O–H groups in total. The number of hydrogen-bond donors (Lipinski definition) is 1. The number of hydrogen-bond acceptors (Lipinski definition) is 17. The number of benzene rings is 7. The lowest BCUT2D eigenvalue weighted by Crippen LogP contribution is -2.40. The van der Waals surface area contributed by atoms with Crippen molar-refractivity contribution in [3.63, 3.8) is 0 Å². The first kappa shape index (κ1) is 110. The van der Waals surface area contributed by atoms with Crippen LogP contribution in [0.4, 0.5) is 17.1 Å². The van der Waals surface area contributed by atoms with Crippen LogP contribution in [0.2, 0.25) is 0 Å². The molecule has 0 radical (unpaired) electrons. The van der Waals surface area contributed by atoms with Crippen LogP contribution >= 0.6 is 11.5 Å². The SMILES string of the molecule is CC(C)S(=O)(=O)CC1CCC(CCc2ccc(-c3csnn3)cc2)CC1.CC(C)S(=O)(=O)CC1CCC(CCc2ccc(-n3ccc4ccccc43)cc2)CC1.CC(C)S(=O)(=O)CC1CCC(CCc2ccc(-n3cccn3)cc2)CC1.CC(C)S(=O)(=O)CC1CCC(CCc2ccc(N3CCC[C@H]3C(N)=O)cc2)CC1.CC(C)S(=O)(=O)CC1CCC(CCc2ccc(N3CCc4ccccc43)cc2)CC1. The molecule has 5 saturated carbocycles. The molecule has 19 nitrogen and oxygen atoms in total. The van der Waals surface area contributed by atoms with Crippen LogP contribution in [0.15, 0.2) is 206 Å². The first-order valence-corrected chi connectivity index (χ1v) is 62.7. The fourth-order valence-electron chi connectivity index (χ4n) is 22.1. The molecule has 17 rings (SSSR count). The van der Waals surface area contributed by atoms with Gasteiger partial charge in [-0.15, -0.1) is 5.10 Å². The van der Waals surface area contributed by atoms with E-state index in [1.165, 1.54) is 150 Å². The van der Waals surface area contributed by atoms with E-state index in [0.717, 1.165) is 194 Å². The molecule has 1 atom stereocenters. The van der Waals surface area contributed by atoms with E-state index in [-0.39, 0.29) is 38.2 Å². The number of carbonyl (C=O) groups is 1. The van der Waals surface area contributed by atoms with E-state index in [4.69, 9.17) is 5.73 Å². The number of primary amides is 1. The number of sulfone groups is 5. The van der Waals surface area contributed by atoms with Crippen LogP contribution < -0.4 is 15.5 Å². The summed E-state index contributed by atoms with van der Waals surface area (Å²) in [7, 11) is -14.5. The maximum absolute atomic E-state index is 12.2. The fourth-order valence-corrected chi connectivity index (χ4v) is 29.4. The van der Waals surface area contributed by atoms with Gasteiger partial charge in [0.15, 0.2) is 49.2 Å². The number of carbonyl (C=O) groups excluding carboxylic acids is 1. The van der Waals surface area contributed by atoms with Crippen LogP contribution in [0.3, 0.4) is 0 Å². The molecule has 7 aliphatic rings. The predicted octanol–water partition coefficient (Wildman–Crippen LogP) is 25.0. The third-order valence-electron chi connectivity index (χ3n) is 32.1. The van der Waals surface area contributed by atoms with Gasteiger partial charge < -0.3 is 20.1 Å². The maximum atomic E-state index is 12.2. The average molecular weight is 2040 g/mol. The summed E-state index contributed by atoms with van der Waals surface area (Å²) in [6.07, 6.45) is 42.6. The Balaban J connectivity index is 0.000000148. The minimum absolute atomic E-state index is 0.171. The molecule has 25 heteroatoms. The summed E-state index contributed by atoms with van der Waals surface area (Å²) in [6, 6.07) is 65.0. The Bertz CT molecular complexity index is 5930. The Morgan fingerprint density at radius 1 is 0.362 bits per heavy atom. The number of aryl methyl sites for hydroxylation is 5. The van der Waals surface area contributed by atoms with Crippen molar-refractivity contribution in [3.05, 3.63) is 239 Å². The monoisotopic (exact) mass is 2040 g/mol. The van der Waals surface area contributed by atoms with Crippen LogP contribution in [0, 0.1) is 59.2 Å². The second-order valence-corrected chi connectivity index (χ2v) is 57.3. The van der Waals surface area contributed by atoms with Gasteiger partial charge in [0.25, 0.3) is 0 Å². The Morgan fingerprint density at radius 3 is 1.06 bits per heavy atom. The number of aromatic nitrogens is 5. The highest BCUT2D eigenvalue weighted by Crippen LogP contribution is 2.41. The molecule has 0 spiro atoms. The molecule has 768 valence electrons. The molecule has 0 unspecified atom stereocenters. The highest BCUT2D eigenvalue weighted by atomic mass is 32.2. The molecule has 3 aromatic heterocycles. The lowest BCUT2D eigenvalue weighted by atomic mass is 9.80. The molecule has 2 aliphatic heterocycles. The number of amides is 1. The van der Waals surface area contributed by atoms with Crippen molar-refractivity contribution in [2.45, 2.75) is 313 Å². The van der Waals surface area contributed by atoms with Gasteiger partial charge in [-0.05, 0) is 399 Å². The lowest BCUT2D eigenvalue weighted by molar-refractivity contribution is -0.119. The van der Waals surface area contributed by atoms with Gasteiger partial charge in [0.2, 0.25) is 5.91 Å². The van der Waals surface area contributed by atoms with E-state index in [1.54, 1.807) is 75.4 Å². The van der Waals surface area contributed by atoms with Gasteiger partial charge in [0.05, 0.1) is 66.2 Å². The molecule has 5 aliphatic carbocycles. The minimum atomic E-state index is -2.92. The van der Waals surface area contributed by atoms with E-state index in [2.05, 4.69) is 211 Å². The molecule has 0 bridgehead atoms. The van der Waals surface area contributed by atoms with Crippen molar-refractivity contribution in [1.82, 2.24) is 23.9 Å². The largest absolute Gasteiger partial charge is 0.368 e. The first-order valence-electron chi connectivity index (χ1n) is 53.3. The van der Waals surface area contributed by atoms with Crippen molar-refractivity contribution >= 4 is 94.6 Å². The highest BCUT2D eigenvalue weighted by molar-refractivity contribution is 7.93. The third-order valence-corrected chi connectivity index (χ3v) is 44.4. The standard InChI is InChI=1S/C26H35NO2S.C26H33NO2S.C23H36N2O3S.C21H30N2O2S.C20H28N2O2S2/c2*1-20(2)30(28,29)19-23-11-9-21(10-12-23)7-8-22-13-15-25(16-14-22)27-18-17-24-5-3-4-6-26(24)27;1-17(2)29(27,28)16-20-9-7-18(8-10-20)5-6-19-11-13-21(14-12-19)25-15-3-4-22(25)23(24)26;1-17(2)26(24,25)16-20-8-6-18(7-9-20)4-5-19-10-12-21(13-11-19)23-15-3-14-22-23;1-15(2)26(23,24)14-18-7-5-16(6-8-18)3-4-17-9-11-19(12-10-17)20-13-25-22-21-20/h3-6,13-16,20-21,23H,7-12,17-19H2,1-2H3;3-6,13-18,20-21,23H,7-12,19H2,1-2H3;11-14,17-18,20,22H,3-10,15-16H2,1-2H3,(H2,24,26);3,10-15,17-18,20H,4-9,16H2,1-2H3;9-13,15-16,18H,3-8,14H2,1-2H3/t;;18?,20?,22-;;/m..0../s1. The summed E-state index contributed by atoms with van der Waals surface area (Å²) in [4.78, 5) is 16.2.